The zero-order chi connectivity index (χ0) is 20.2. The quantitative estimate of drug-likeness (QED) is 0.506. The van der Waals surface area contributed by atoms with Crippen LogP contribution in [0.5, 0.6) is 0 Å². The molecule has 10 heteroatoms. The van der Waals surface area contributed by atoms with Crippen molar-refractivity contribution in [3.63, 3.8) is 0 Å². The van der Waals surface area contributed by atoms with Crippen molar-refractivity contribution >= 4 is 27.5 Å². The lowest BCUT2D eigenvalue weighted by Gasteiger charge is -2.24. The Balaban J connectivity index is 2.35. The highest BCUT2D eigenvalue weighted by Crippen LogP contribution is 2.27. The fourth-order valence-electron chi connectivity index (χ4n) is 2.29. The lowest BCUT2D eigenvalue weighted by Crippen LogP contribution is -2.38. The largest absolute Gasteiger partial charge is 0.406 e. The lowest BCUT2D eigenvalue weighted by atomic mass is 10.1. The maximum Gasteiger partial charge on any atom is 0.406 e. The second kappa shape index (κ2) is 8.18. The van der Waals surface area contributed by atoms with Crippen LogP contribution in [0, 0.1) is 21.4 Å². The molecular weight excluding hydrogens is 431 g/mol. The summed E-state index contributed by atoms with van der Waals surface area (Å²) in [5.41, 5.74) is 0.0585. The van der Waals surface area contributed by atoms with Crippen molar-refractivity contribution in [3.05, 3.63) is 73.7 Å². The molecule has 0 radical (unpaired) electrons. The number of alkyl halides is 3. The predicted molar refractivity (Wildman–Crippen MR) is 92.7 cm³/mol. The fraction of sp³-hybridized carbons (Fsp3) is 0.176. The summed E-state index contributed by atoms with van der Waals surface area (Å²) in [6.45, 7) is -1.89. The van der Waals surface area contributed by atoms with Gasteiger partial charge in [0.05, 0.1) is 21.0 Å². The second-order valence-corrected chi connectivity index (χ2v) is 6.36. The number of halogens is 4. The summed E-state index contributed by atoms with van der Waals surface area (Å²) < 4.78 is 38.9. The van der Waals surface area contributed by atoms with Crippen LogP contribution < -0.4 is 0 Å². The molecule has 2 aromatic carbocycles. The zero-order valence-corrected chi connectivity index (χ0v) is 15.1. The summed E-state index contributed by atoms with van der Waals surface area (Å²) in [5.74, 6) is -0.993. The van der Waals surface area contributed by atoms with Gasteiger partial charge in [0, 0.05) is 18.2 Å². The van der Waals surface area contributed by atoms with Gasteiger partial charge in [-0.15, -0.1) is 0 Å². The van der Waals surface area contributed by atoms with Crippen LogP contribution in [-0.4, -0.2) is 28.5 Å². The van der Waals surface area contributed by atoms with Crippen molar-refractivity contribution in [2.75, 3.05) is 6.54 Å². The molecule has 0 saturated heterocycles. The van der Waals surface area contributed by atoms with Gasteiger partial charge in [-0.3, -0.25) is 14.9 Å². The van der Waals surface area contributed by atoms with Gasteiger partial charge < -0.3 is 4.90 Å². The van der Waals surface area contributed by atoms with Crippen molar-refractivity contribution in [2.45, 2.75) is 12.7 Å². The molecule has 2 aromatic rings. The minimum Gasteiger partial charge on any atom is -0.325 e. The first kappa shape index (κ1) is 20.4. The highest BCUT2D eigenvalue weighted by molar-refractivity contribution is 9.10. The Morgan fingerprint density at radius 1 is 1.22 bits per heavy atom. The first-order chi connectivity index (χ1) is 12.6. The number of nitrogens with zero attached hydrogens (tertiary/aromatic N) is 3. The molecule has 0 aliphatic rings. The molecule has 6 nitrogen and oxygen atoms in total. The average molecular weight is 442 g/mol. The van der Waals surface area contributed by atoms with Crippen molar-refractivity contribution in [2.24, 2.45) is 0 Å². The van der Waals surface area contributed by atoms with Crippen LogP contribution in [0.4, 0.5) is 18.9 Å². The Morgan fingerprint density at radius 3 is 2.37 bits per heavy atom. The summed E-state index contributed by atoms with van der Waals surface area (Å²) in [5, 5.41) is 19.8. The summed E-state index contributed by atoms with van der Waals surface area (Å²) in [6.07, 6.45) is -4.65. The van der Waals surface area contributed by atoms with Gasteiger partial charge >= 0.3 is 6.18 Å². The van der Waals surface area contributed by atoms with Crippen LogP contribution in [0.1, 0.15) is 21.5 Å². The van der Waals surface area contributed by atoms with E-state index in [2.05, 4.69) is 15.9 Å². The first-order valence-electron chi connectivity index (χ1n) is 7.39. The summed E-state index contributed by atoms with van der Waals surface area (Å²) >= 11 is 2.96. The topological polar surface area (TPSA) is 87.2 Å². The van der Waals surface area contributed by atoms with Gasteiger partial charge in [0.25, 0.3) is 11.6 Å². The minimum atomic E-state index is -4.65. The highest BCUT2D eigenvalue weighted by Gasteiger charge is 2.34. The van der Waals surface area contributed by atoms with E-state index in [0.29, 0.717) is 16.0 Å². The number of carbonyl (C=O) groups excluding carboxylic acids is 1. The Labute approximate surface area is 160 Å². The molecule has 0 N–H and O–H groups in total. The Bertz CT molecular complexity index is 908. The second-order valence-electron chi connectivity index (χ2n) is 5.51. The van der Waals surface area contributed by atoms with Gasteiger partial charge in [-0.25, -0.2) is 0 Å². The van der Waals surface area contributed by atoms with Crippen LogP contribution in [0.3, 0.4) is 0 Å². The van der Waals surface area contributed by atoms with E-state index in [1.807, 2.05) is 6.07 Å². The summed E-state index contributed by atoms with van der Waals surface area (Å²) in [7, 11) is 0. The van der Waals surface area contributed by atoms with Gasteiger partial charge in [-0.05, 0) is 45.8 Å². The number of hydrogen-bond donors (Lipinski definition) is 0. The van der Waals surface area contributed by atoms with Crippen molar-refractivity contribution in [1.82, 2.24) is 4.90 Å². The molecule has 0 saturated carbocycles. The monoisotopic (exact) mass is 441 g/mol. The number of nitro benzene ring substituents is 1. The highest BCUT2D eigenvalue weighted by atomic mass is 79.9. The number of nitriles is 1. The Kier molecular flexibility index (Phi) is 6.17. The number of benzene rings is 2. The van der Waals surface area contributed by atoms with Crippen LogP contribution >= 0.6 is 15.9 Å². The van der Waals surface area contributed by atoms with Crippen molar-refractivity contribution in [3.8, 4) is 6.07 Å². The SMILES string of the molecule is N#Cc1ccc(CN(CC(F)(F)F)C(=O)c2ccc(Br)c([N+](=O)[O-])c2)cc1. The van der Waals surface area contributed by atoms with Gasteiger partial charge in [-0.1, -0.05) is 12.1 Å². The third kappa shape index (κ3) is 5.52. The van der Waals surface area contributed by atoms with E-state index < -0.39 is 29.2 Å². The summed E-state index contributed by atoms with van der Waals surface area (Å²) in [6, 6.07) is 11.0. The maximum atomic E-state index is 12.9. The van der Waals surface area contributed by atoms with Crippen molar-refractivity contribution < 1.29 is 22.9 Å². The van der Waals surface area contributed by atoms with E-state index in [9.17, 15) is 28.1 Å². The molecule has 1 amide bonds. The van der Waals surface area contributed by atoms with Gasteiger partial charge in [0.1, 0.15) is 6.54 Å². The molecule has 0 aliphatic carbocycles. The molecule has 0 heterocycles. The normalized spacial score (nSPS) is 10.9. The van der Waals surface area contributed by atoms with Gasteiger partial charge in [0.15, 0.2) is 0 Å². The smallest absolute Gasteiger partial charge is 0.325 e. The number of nitro groups is 1. The Hall–Kier alpha value is -2.93. The molecule has 27 heavy (non-hydrogen) atoms. The lowest BCUT2D eigenvalue weighted by molar-refractivity contribution is -0.385. The van der Waals surface area contributed by atoms with Crippen LogP contribution in [0.15, 0.2) is 46.9 Å². The predicted octanol–water partition coefficient (Wildman–Crippen LogP) is 4.43. The van der Waals surface area contributed by atoms with E-state index in [-0.39, 0.29) is 16.6 Å². The zero-order valence-electron chi connectivity index (χ0n) is 13.5. The first-order valence-corrected chi connectivity index (χ1v) is 8.19. The molecule has 0 spiro atoms. The number of hydrogen-bond acceptors (Lipinski definition) is 4. The Morgan fingerprint density at radius 2 is 1.85 bits per heavy atom. The van der Waals surface area contributed by atoms with E-state index in [1.54, 1.807) is 0 Å². The third-order valence-electron chi connectivity index (χ3n) is 3.50. The van der Waals surface area contributed by atoms with Crippen LogP contribution in [-0.2, 0) is 6.54 Å². The van der Waals surface area contributed by atoms with Crippen LogP contribution in [0.2, 0.25) is 0 Å². The molecule has 2 rings (SSSR count). The molecule has 0 atom stereocenters. The van der Waals surface area contributed by atoms with E-state index in [0.717, 1.165) is 6.07 Å². The molecule has 0 aromatic heterocycles. The number of rotatable bonds is 5. The van der Waals surface area contributed by atoms with Gasteiger partial charge in [-0.2, -0.15) is 18.4 Å². The molecular formula is C17H11BrF3N3O3. The van der Waals surface area contributed by atoms with Crippen molar-refractivity contribution in [1.29, 1.82) is 5.26 Å². The molecule has 0 fully saturated rings. The molecule has 140 valence electrons. The van der Waals surface area contributed by atoms with E-state index in [1.165, 1.54) is 36.4 Å². The fourth-order valence-corrected chi connectivity index (χ4v) is 2.68. The number of amides is 1. The molecule has 0 unspecified atom stereocenters. The summed E-state index contributed by atoms with van der Waals surface area (Å²) in [4.78, 5) is 23.4. The third-order valence-corrected chi connectivity index (χ3v) is 4.17. The number of carbonyl (C=O) groups is 1. The van der Waals surface area contributed by atoms with E-state index in [4.69, 9.17) is 5.26 Å². The van der Waals surface area contributed by atoms with Gasteiger partial charge in [0.2, 0.25) is 0 Å². The average Bonchev–Trinajstić information content (AvgIpc) is 2.60. The molecule has 0 aliphatic heterocycles. The van der Waals surface area contributed by atoms with Crippen LogP contribution in [0.25, 0.3) is 0 Å². The standard InChI is InChI=1S/C17H11BrF3N3O3/c18-14-6-5-13(7-15(14)24(26)27)16(25)23(10-17(19,20)21)9-12-3-1-11(8-22)2-4-12/h1-7H,9-10H2. The maximum absolute atomic E-state index is 12.9. The van der Waals surface area contributed by atoms with E-state index >= 15 is 0 Å². The minimum absolute atomic E-state index is 0.110. The molecule has 0 bridgehead atoms.